The molecule has 6 heteroatoms. The zero-order valence-corrected chi connectivity index (χ0v) is 22.8. The second-order valence-corrected chi connectivity index (χ2v) is 15.5. The molecule has 0 fully saturated rings. The molecule has 2 aromatic rings. The molecule has 34 heavy (non-hydrogen) atoms. The first-order chi connectivity index (χ1) is 16.4. The molecule has 5 nitrogen and oxygen atoms in total. The number of nitrogens with zero attached hydrogens (tertiary/aromatic N) is 2. The van der Waals surface area contributed by atoms with Gasteiger partial charge in [-0.2, -0.15) is 0 Å². The number of carbonyl (C=O) groups excluding carboxylic acids is 1. The van der Waals surface area contributed by atoms with Crippen LogP contribution >= 0.6 is 0 Å². The quantitative estimate of drug-likeness (QED) is 0.0982. The van der Waals surface area contributed by atoms with Crippen LogP contribution in [0.4, 0.5) is 0 Å². The third kappa shape index (κ3) is 11.3. The van der Waals surface area contributed by atoms with Gasteiger partial charge in [-0.25, -0.2) is 9.97 Å². The number of esters is 1. The van der Waals surface area contributed by atoms with E-state index >= 15 is 0 Å². The van der Waals surface area contributed by atoms with Crippen molar-refractivity contribution in [3.8, 4) is 22.9 Å². The molecule has 0 unspecified atom stereocenters. The van der Waals surface area contributed by atoms with E-state index in [0.29, 0.717) is 30.4 Å². The van der Waals surface area contributed by atoms with Crippen molar-refractivity contribution in [3.05, 3.63) is 36.7 Å². The summed E-state index contributed by atoms with van der Waals surface area (Å²) in [5.74, 6) is 1.72. The topological polar surface area (TPSA) is 61.3 Å². The van der Waals surface area contributed by atoms with Gasteiger partial charge in [-0.05, 0) is 37.1 Å². The summed E-state index contributed by atoms with van der Waals surface area (Å²) in [6.45, 7) is 10.2. The molecule has 0 aliphatic rings. The van der Waals surface area contributed by atoms with Gasteiger partial charge in [0.2, 0.25) is 0 Å². The minimum Gasteiger partial charge on any atom is -0.490 e. The summed E-state index contributed by atoms with van der Waals surface area (Å²) >= 11 is 0. The van der Waals surface area contributed by atoms with Crippen LogP contribution in [0.1, 0.15) is 78.1 Å². The summed E-state index contributed by atoms with van der Waals surface area (Å²) in [4.78, 5) is 20.9. The number of ether oxygens (including phenoxy) is 2. The van der Waals surface area contributed by atoms with Crippen LogP contribution in [0.5, 0.6) is 11.5 Å². The predicted molar refractivity (Wildman–Crippen MR) is 143 cm³/mol. The van der Waals surface area contributed by atoms with E-state index in [4.69, 9.17) is 9.47 Å². The van der Waals surface area contributed by atoms with Gasteiger partial charge >= 0.3 is 5.97 Å². The first-order valence-electron chi connectivity index (χ1n) is 13.2. The molecule has 188 valence electrons. The maximum atomic E-state index is 12.0. The van der Waals surface area contributed by atoms with Crippen LogP contribution in [0.15, 0.2) is 36.7 Å². The van der Waals surface area contributed by atoms with Gasteiger partial charge in [0.25, 0.3) is 0 Å². The summed E-state index contributed by atoms with van der Waals surface area (Å²) in [5, 5.41) is 0. The van der Waals surface area contributed by atoms with Crippen LogP contribution < -0.4 is 9.47 Å². The summed E-state index contributed by atoms with van der Waals surface area (Å²) in [6.07, 6.45) is 14.4. The summed E-state index contributed by atoms with van der Waals surface area (Å²) < 4.78 is 11.3. The molecule has 0 aliphatic carbocycles. The largest absolute Gasteiger partial charge is 0.490 e. The van der Waals surface area contributed by atoms with Crippen molar-refractivity contribution in [1.82, 2.24) is 9.97 Å². The Bertz CT molecular complexity index is 823. The van der Waals surface area contributed by atoms with Gasteiger partial charge in [-0.1, -0.05) is 84.0 Å². The van der Waals surface area contributed by atoms with Crippen LogP contribution in [0.3, 0.4) is 0 Å². The van der Waals surface area contributed by atoms with Crippen molar-refractivity contribution in [2.24, 2.45) is 0 Å². The van der Waals surface area contributed by atoms with Crippen molar-refractivity contribution in [2.75, 3.05) is 6.61 Å². The fourth-order valence-electron chi connectivity index (χ4n) is 3.69. The van der Waals surface area contributed by atoms with Crippen molar-refractivity contribution < 1.29 is 14.3 Å². The Morgan fingerprint density at radius 2 is 1.47 bits per heavy atom. The molecular formula is C28H44N2O3Si. The normalized spacial score (nSPS) is 11.4. The zero-order chi connectivity index (χ0) is 24.7. The number of unbranched alkanes of at least 4 members (excludes halogenated alkanes) is 7. The molecule has 1 aromatic heterocycles. The minimum atomic E-state index is -0.948. The summed E-state index contributed by atoms with van der Waals surface area (Å²) in [6, 6.07) is 10.1. The average Bonchev–Trinajstić information content (AvgIpc) is 2.84. The number of aromatic nitrogens is 2. The molecule has 0 N–H and O–H groups in total. The van der Waals surface area contributed by atoms with Crippen molar-refractivity contribution >= 4 is 14.0 Å². The Labute approximate surface area is 207 Å². The Morgan fingerprint density at radius 1 is 0.824 bits per heavy atom. The second-order valence-electron chi connectivity index (χ2n) is 9.94. The molecule has 0 saturated carbocycles. The molecule has 0 saturated heterocycles. The minimum absolute atomic E-state index is 0.169. The Hall–Kier alpha value is -2.21. The molecular weight excluding hydrogens is 440 g/mol. The van der Waals surface area contributed by atoms with E-state index < -0.39 is 8.07 Å². The van der Waals surface area contributed by atoms with Gasteiger partial charge in [0, 0.05) is 20.1 Å². The van der Waals surface area contributed by atoms with Gasteiger partial charge in [-0.3, -0.25) is 4.79 Å². The standard InChI is InChI=1S/C28H44N2O3Si/c1-5-7-8-9-10-12-15-27(31)33-25-18-16-24(17-19-25)28-29-22-26(23-30-28)32-20-13-11-14-21-34(3,4)6-2/h16-19,22-23H,5-15,20-21H2,1-4H3. The van der Waals surface area contributed by atoms with Gasteiger partial charge < -0.3 is 9.47 Å². The van der Waals surface area contributed by atoms with E-state index in [2.05, 4.69) is 36.9 Å². The third-order valence-electron chi connectivity index (χ3n) is 6.43. The first kappa shape index (κ1) is 28.0. The van der Waals surface area contributed by atoms with Crippen LogP contribution in [-0.4, -0.2) is 30.6 Å². The highest BCUT2D eigenvalue weighted by Crippen LogP contribution is 2.22. The molecule has 1 aromatic carbocycles. The van der Waals surface area contributed by atoms with Crippen LogP contribution in [-0.2, 0) is 4.79 Å². The predicted octanol–water partition coefficient (Wildman–Crippen LogP) is 8.08. The lowest BCUT2D eigenvalue weighted by Crippen LogP contribution is -2.22. The van der Waals surface area contributed by atoms with Gasteiger partial charge in [-0.15, -0.1) is 0 Å². The lowest BCUT2D eigenvalue weighted by Gasteiger charge is -2.19. The summed E-state index contributed by atoms with van der Waals surface area (Å²) in [5.41, 5.74) is 0.880. The van der Waals surface area contributed by atoms with E-state index in [1.165, 1.54) is 50.6 Å². The number of carbonyl (C=O) groups is 1. The van der Waals surface area contributed by atoms with Crippen molar-refractivity contribution in [1.29, 1.82) is 0 Å². The molecule has 2 rings (SSSR count). The Balaban J connectivity index is 1.68. The average molecular weight is 485 g/mol. The van der Waals surface area contributed by atoms with Crippen LogP contribution in [0, 0.1) is 0 Å². The van der Waals surface area contributed by atoms with Crippen molar-refractivity contribution in [2.45, 2.75) is 103 Å². The summed E-state index contributed by atoms with van der Waals surface area (Å²) in [7, 11) is -0.948. The molecule has 0 spiro atoms. The highest BCUT2D eigenvalue weighted by atomic mass is 28.3. The van der Waals surface area contributed by atoms with Gasteiger partial charge in [0.1, 0.15) is 5.75 Å². The Morgan fingerprint density at radius 3 is 2.15 bits per heavy atom. The van der Waals surface area contributed by atoms with Crippen LogP contribution in [0.2, 0.25) is 25.2 Å². The van der Waals surface area contributed by atoms with E-state index in [0.717, 1.165) is 24.8 Å². The second kappa shape index (κ2) is 15.6. The molecule has 0 atom stereocenters. The zero-order valence-electron chi connectivity index (χ0n) is 21.8. The maximum absolute atomic E-state index is 12.0. The third-order valence-corrected chi connectivity index (χ3v) is 10.1. The van der Waals surface area contributed by atoms with Gasteiger partial charge in [0.15, 0.2) is 11.6 Å². The number of hydrogen-bond acceptors (Lipinski definition) is 5. The molecule has 1 heterocycles. The molecule has 0 amide bonds. The number of rotatable bonds is 17. The number of hydrogen-bond donors (Lipinski definition) is 0. The SMILES string of the molecule is CCCCCCCCC(=O)Oc1ccc(-c2ncc(OCCCCC[Si](C)(C)CC)cn2)cc1. The van der Waals surface area contributed by atoms with E-state index in [1.807, 2.05) is 12.1 Å². The maximum Gasteiger partial charge on any atom is 0.311 e. The highest BCUT2D eigenvalue weighted by Gasteiger charge is 2.16. The molecule has 0 radical (unpaired) electrons. The van der Waals surface area contributed by atoms with E-state index in [1.54, 1.807) is 24.5 Å². The number of benzene rings is 1. The molecule has 0 aliphatic heterocycles. The first-order valence-corrected chi connectivity index (χ1v) is 16.6. The van der Waals surface area contributed by atoms with Crippen molar-refractivity contribution in [3.63, 3.8) is 0 Å². The fraction of sp³-hybridized carbons (Fsp3) is 0.607. The Kier molecular flexibility index (Phi) is 12.9. The smallest absolute Gasteiger partial charge is 0.311 e. The van der Waals surface area contributed by atoms with Crippen LogP contribution in [0.25, 0.3) is 11.4 Å². The molecule has 0 bridgehead atoms. The van der Waals surface area contributed by atoms with E-state index in [-0.39, 0.29) is 5.97 Å². The lowest BCUT2D eigenvalue weighted by molar-refractivity contribution is -0.134. The highest BCUT2D eigenvalue weighted by molar-refractivity contribution is 6.77. The monoisotopic (exact) mass is 484 g/mol. The van der Waals surface area contributed by atoms with Gasteiger partial charge in [0.05, 0.1) is 19.0 Å². The fourth-order valence-corrected chi connectivity index (χ4v) is 5.25. The van der Waals surface area contributed by atoms with E-state index in [9.17, 15) is 4.79 Å². The lowest BCUT2D eigenvalue weighted by atomic mass is 10.1.